The highest BCUT2D eigenvalue weighted by molar-refractivity contribution is 5.73. The standard InChI is InChI=1S/C6H10N2O3/c1-11-8-4-2-3-5(7-8)6(9)10/h2,4-5,7H,3H2,1H3,(H,9,10). The van der Waals surface area contributed by atoms with Crippen molar-refractivity contribution < 1.29 is 14.7 Å². The Morgan fingerprint density at radius 1 is 1.91 bits per heavy atom. The van der Waals surface area contributed by atoms with E-state index >= 15 is 0 Å². The van der Waals surface area contributed by atoms with Crippen molar-refractivity contribution in [1.29, 1.82) is 0 Å². The van der Waals surface area contributed by atoms with E-state index in [0.717, 1.165) is 0 Å². The minimum absolute atomic E-state index is 0.481. The fourth-order valence-electron chi connectivity index (χ4n) is 0.812. The largest absolute Gasteiger partial charge is 0.480 e. The summed E-state index contributed by atoms with van der Waals surface area (Å²) in [4.78, 5) is 15.2. The molecule has 1 heterocycles. The third-order valence-electron chi connectivity index (χ3n) is 1.39. The molecular formula is C6H10N2O3. The third kappa shape index (κ3) is 1.92. The fraction of sp³-hybridized carbons (Fsp3) is 0.500. The molecule has 0 radical (unpaired) electrons. The lowest BCUT2D eigenvalue weighted by molar-refractivity contribution is -0.162. The number of rotatable bonds is 2. The molecule has 1 rings (SSSR count). The first-order valence-corrected chi connectivity index (χ1v) is 3.23. The quantitative estimate of drug-likeness (QED) is 0.579. The molecule has 1 unspecified atom stereocenters. The number of carboxylic acid groups (broad SMARTS) is 1. The smallest absolute Gasteiger partial charge is 0.322 e. The van der Waals surface area contributed by atoms with Gasteiger partial charge in [-0.1, -0.05) is 6.08 Å². The zero-order valence-corrected chi connectivity index (χ0v) is 6.15. The molecule has 0 spiro atoms. The van der Waals surface area contributed by atoms with E-state index in [2.05, 4.69) is 5.43 Å². The van der Waals surface area contributed by atoms with Crippen molar-refractivity contribution >= 4 is 5.97 Å². The van der Waals surface area contributed by atoms with Crippen molar-refractivity contribution in [3.05, 3.63) is 12.3 Å². The zero-order valence-electron chi connectivity index (χ0n) is 6.15. The summed E-state index contributed by atoms with van der Waals surface area (Å²) in [7, 11) is 1.46. The van der Waals surface area contributed by atoms with Gasteiger partial charge in [-0.15, -0.1) is 0 Å². The topological polar surface area (TPSA) is 61.8 Å². The van der Waals surface area contributed by atoms with Crippen molar-refractivity contribution in [2.75, 3.05) is 7.11 Å². The number of carboxylic acids is 1. The Balaban J connectivity index is 2.51. The van der Waals surface area contributed by atoms with Gasteiger partial charge in [-0.05, 0) is 6.42 Å². The van der Waals surface area contributed by atoms with Gasteiger partial charge in [0.05, 0.1) is 7.11 Å². The Morgan fingerprint density at radius 2 is 2.64 bits per heavy atom. The minimum atomic E-state index is -0.878. The van der Waals surface area contributed by atoms with E-state index in [1.54, 1.807) is 12.3 Å². The maximum atomic E-state index is 10.4. The Bertz CT molecular complexity index is 181. The molecule has 0 bridgehead atoms. The molecule has 1 atom stereocenters. The Labute approximate surface area is 64.2 Å². The number of nitrogens with zero attached hydrogens (tertiary/aromatic N) is 1. The third-order valence-corrected chi connectivity index (χ3v) is 1.39. The van der Waals surface area contributed by atoms with Gasteiger partial charge >= 0.3 is 5.97 Å². The van der Waals surface area contributed by atoms with Crippen LogP contribution in [0.5, 0.6) is 0 Å². The van der Waals surface area contributed by atoms with Gasteiger partial charge in [0.25, 0.3) is 0 Å². The van der Waals surface area contributed by atoms with Crippen LogP contribution in [-0.4, -0.2) is 29.4 Å². The molecule has 0 saturated carbocycles. The summed E-state index contributed by atoms with van der Waals surface area (Å²) in [5.41, 5.74) is 2.63. The first kappa shape index (κ1) is 8.03. The molecule has 5 heteroatoms. The van der Waals surface area contributed by atoms with Gasteiger partial charge in [0.15, 0.2) is 0 Å². The molecule has 0 aromatic rings. The Hall–Kier alpha value is -1.07. The van der Waals surface area contributed by atoms with Crippen molar-refractivity contribution in [1.82, 2.24) is 10.6 Å². The highest BCUT2D eigenvalue weighted by Crippen LogP contribution is 2.03. The first-order valence-electron chi connectivity index (χ1n) is 3.23. The molecule has 0 fully saturated rings. The SMILES string of the molecule is CON1C=CCC(C(=O)O)N1. The summed E-state index contributed by atoms with van der Waals surface area (Å²) in [6, 6.07) is -0.583. The average Bonchev–Trinajstić information content (AvgIpc) is 2.05. The molecule has 2 N–H and O–H groups in total. The van der Waals surface area contributed by atoms with Crippen LogP contribution in [0.1, 0.15) is 6.42 Å². The van der Waals surface area contributed by atoms with E-state index in [4.69, 9.17) is 9.94 Å². The van der Waals surface area contributed by atoms with Crippen LogP contribution in [0.2, 0.25) is 0 Å². The van der Waals surface area contributed by atoms with Crippen molar-refractivity contribution in [3.63, 3.8) is 0 Å². The van der Waals surface area contributed by atoms with E-state index in [-0.39, 0.29) is 0 Å². The van der Waals surface area contributed by atoms with Crippen molar-refractivity contribution in [2.45, 2.75) is 12.5 Å². The van der Waals surface area contributed by atoms with Crippen LogP contribution in [0.15, 0.2) is 12.3 Å². The number of hydrogen-bond acceptors (Lipinski definition) is 4. The van der Waals surface area contributed by atoms with Crippen LogP contribution in [0.3, 0.4) is 0 Å². The van der Waals surface area contributed by atoms with E-state index in [0.29, 0.717) is 6.42 Å². The molecule has 5 nitrogen and oxygen atoms in total. The van der Waals surface area contributed by atoms with Crippen LogP contribution >= 0.6 is 0 Å². The highest BCUT2D eigenvalue weighted by atomic mass is 16.7. The normalized spacial score (nSPS) is 23.7. The number of hydrazine groups is 1. The maximum absolute atomic E-state index is 10.4. The molecule has 0 aliphatic carbocycles. The second-order valence-corrected chi connectivity index (χ2v) is 2.15. The number of nitrogens with one attached hydrogen (secondary N) is 1. The lowest BCUT2D eigenvalue weighted by atomic mass is 10.2. The average molecular weight is 158 g/mol. The fourth-order valence-corrected chi connectivity index (χ4v) is 0.812. The monoisotopic (exact) mass is 158 g/mol. The molecule has 11 heavy (non-hydrogen) atoms. The molecule has 0 saturated heterocycles. The number of hydrogen-bond donors (Lipinski definition) is 2. The first-order chi connectivity index (χ1) is 5.24. The number of carbonyl (C=O) groups is 1. The van der Waals surface area contributed by atoms with Crippen LogP contribution in [0, 0.1) is 0 Å². The van der Waals surface area contributed by atoms with Crippen LogP contribution in [0.4, 0.5) is 0 Å². The predicted octanol–water partition coefficient (Wildman–Crippen LogP) is -0.275. The maximum Gasteiger partial charge on any atom is 0.322 e. The summed E-state index contributed by atoms with van der Waals surface area (Å²) >= 11 is 0. The van der Waals surface area contributed by atoms with Crippen molar-refractivity contribution in [3.8, 4) is 0 Å². The molecule has 0 amide bonds. The zero-order chi connectivity index (χ0) is 8.27. The molecule has 0 aromatic carbocycles. The van der Waals surface area contributed by atoms with Gasteiger partial charge in [-0.25, -0.2) is 0 Å². The lowest BCUT2D eigenvalue weighted by Gasteiger charge is -2.25. The van der Waals surface area contributed by atoms with Crippen LogP contribution in [0.25, 0.3) is 0 Å². The number of aliphatic carboxylic acids is 1. The molecule has 1 aliphatic rings. The summed E-state index contributed by atoms with van der Waals surface area (Å²) in [5.74, 6) is -0.878. The highest BCUT2D eigenvalue weighted by Gasteiger charge is 2.20. The van der Waals surface area contributed by atoms with E-state index in [1.165, 1.54) is 12.3 Å². The van der Waals surface area contributed by atoms with Crippen LogP contribution in [-0.2, 0) is 9.63 Å². The van der Waals surface area contributed by atoms with E-state index in [9.17, 15) is 4.79 Å². The van der Waals surface area contributed by atoms with Gasteiger partial charge in [0, 0.05) is 6.20 Å². The molecular weight excluding hydrogens is 148 g/mol. The van der Waals surface area contributed by atoms with Gasteiger partial charge in [-0.2, -0.15) is 10.6 Å². The lowest BCUT2D eigenvalue weighted by Crippen LogP contribution is -2.47. The summed E-state index contributed by atoms with van der Waals surface area (Å²) in [6.07, 6.45) is 3.85. The van der Waals surface area contributed by atoms with Gasteiger partial charge in [-0.3, -0.25) is 9.63 Å². The summed E-state index contributed by atoms with van der Waals surface area (Å²) in [6.45, 7) is 0. The van der Waals surface area contributed by atoms with E-state index < -0.39 is 12.0 Å². The predicted molar refractivity (Wildman–Crippen MR) is 37.2 cm³/mol. The molecule has 62 valence electrons. The van der Waals surface area contributed by atoms with Crippen molar-refractivity contribution in [2.24, 2.45) is 0 Å². The Kier molecular flexibility index (Phi) is 2.45. The van der Waals surface area contributed by atoms with E-state index in [1.807, 2.05) is 0 Å². The van der Waals surface area contributed by atoms with Gasteiger partial charge in [0.2, 0.25) is 0 Å². The minimum Gasteiger partial charge on any atom is -0.480 e. The van der Waals surface area contributed by atoms with Gasteiger partial charge in [0.1, 0.15) is 6.04 Å². The second kappa shape index (κ2) is 3.36. The summed E-state index contributed by atoms with van der Waals surface area (Å²) in [5, 5.41) is 9.84. The van der Waals surface area contributed by atoms with Gasteiger partial charge < -0.3 is 5.11 Å². The second-order valence-electron chi connectivity index (χ2n) is 2.15. The van der Waals surface area contributed by atoms with Crippen LogP contribution < -0.4 is 5.43 Å². The molecule has 1 aliphatic heterocycles. The number of hydroxylamine groups is 1. The summed E-state index contributed by atoms with van der Waals surface area (Å²) < 4.78 is 0. The molecule has 0 aromatic heterocycles. The Morgan fingerprint density at radius 3 is 3.18 bits per heavy atom.